The van der Waals surface area contributed by atoms with Gasteiger partial charge in [0.2, 0.25) is 5.82 Å². The molecule has 2 rings (SSSR count). The molecule has 1 heterocycles. The van der Waals surface area contributed by atoms with Crippen LogP contribution in [0, 0.1) is 5.82 Å². The Kier molecular flexibility index (Phi) is 4.68. The normalized spacial score (nSPS) is 12.6. The summed E-state index contributed by atoms with van der Waals surface area (Å²) < 4.78 is 23.8. The SMILES string of the molecule is CCCC(OCC)c1noc(-c2ccc(F)cc2N)n1. The molecular weight excluding hydrogens is 261 g/mol. The number of nitrogens with zero attached hydrogens (tertiary/aromatic N) is 2. The van der Waals surface area contributed by atoms with E-state index in [0.29, 0.717) is 18.0 Å². The average molecular weight is 279 g/mol. The Morgan fingerprint density at radius 2 is 2.20 bits per heavy atom. The van der Waals surface area contributed by atoms with Crippen LogP contribution in [0.2, 0.25) is 0 Å². The first-order chi connectivity index (χ1) is 9.65. The maximum Gasteiger partial charge on any atom is 0.260 e. The quantitative estimate of drug-likeness (QED) is 0.821. The number of benzene rings is 1. The van der Waals surface area contributed by atoms with E-state index in [1.165, 1.54) is 18.2 Å². The highest BCUT2D eigenvalue weighted by molar-refractivity contribution is 5.70. The van der Waals surface area contributed by atoms with Crippen molar-refractivity contribution in [2.24, 2.45) is 0 Å². The third-order valence-corrected chi connectivity index (χ3v) is 2.89. The summed E-state index contributed by atoms with van der Waals surface area (Å²) in [4.78, 5) is 4.30. The smallest absolute Gasteiger partial charge is 0.260 e. The zero-order valence-electron chi connectivity index (χ0n) is 11.6. The lowest BCUT2D eigenvalue weighted by Gasteiger charge is -2.11. The van der Waals surface area contributed by atoms with Crippen LogP contribution < -0.4 is 5.73 Å². The third kappa shape index (κ3) is 3.14. The highest BCUT2D eigenvalue weighted by atomic mass is 19.1. The molecule has 20 heavy (non-hydrogen) atoms. The Balaban J connectivity index is 2.27. The standard InChI is InChI=1S/C14H18FN3O2/c1-3-5-12(19-4-2)13-17-14(20-18-13)10-7-6-9(15)8-11(10)16/h6-8,12H,3-5,16H2,1-2H3. The summed E-state index contributed by atoms with van der Waals surface area (Å²) >= 11 is 0. The van der Waals surface area contributed by atoms with Crippen molar-refractivity contribution in [3.05, 3.63) is 29.8 Å². The highest BCUT2D eigenvalue weighted by Gasteiger charge is 2.19. The van der Waals surface area contributed by atoms with Crippen molar-refractivity contribution in [3.63, 3.8) is 0 Å². The maximum atomic E-state index is 13.0. The van der Waals surface area contributed by atoms with Crippen LogP contribution in [0.25, 0.3) is 11.5 Å². The van der Waals surface area contributed by atoms with E-state index in [1.807, 2.05) is 6.92 Å². The van der Waals surface area contributed by atoms with E-state index in [9.17, 15) is 4.39 Å². The van der Waals surface area contributed by atoms with E-state index in [1.54, 1.807) is 0 Å². The van der Waals surface area contributed by atoms with Crippen molar-refractivity contribution < 1.29 is 13.7 Å². The number of nitrogen functional groups attached to an aromatic ring is 1. The molecule has 0 saturated heterocycles. The van der Waals surface area contributed by atoms with Crippen LogP contribution in [-0.2, 0) is 4.74 Å². The topological polar surface area (TPSA) is 74.2 Å². The van der Waals surface area contributed by atoms with Gasteiger partial charge < -0.3 is 15.0 Å². The van der Waals surface area contributed by atoms with Gasteiger partial charge in [0.05, 0.1) is 5.56 Å². The second-order valence-electron chi connectivity index (χ2n) is 4.42. The Hall–Kier alpha value is -1.95. The summed E-state index contributed by atoms with van der Waals surface area (Å²) in [5.74, 6) is 0.370. The molecule has 0 aliphatic heterocycles. The number of rotatable bonds is 6. The molecule has 1 aromatic heterocycles. The lowest BCUT2D eigenvalue weighted by atomic mass is 10.1. The van der Waals surface area contributed by atoms with Gasteiger partial charge in [-0.1, -0.05) is 18.5 Å². The molecule has 0 spiro atoms. The van der Waals surface area contributed by atoms with Gasteiger partial charge in [0.1, 0.15) is 11.9 Å². The molecule has 0 fully saturated rings. The van der Waals surface area contributed by atoms with E-state index in [0.717, 1.165) is 12.8 Å². The first-order valence-electron chi connectivity index (χ1n) is 6.66. The summed E-state index contributed by atoms with van der Waals surface area (Å²) in [6, 6.07) is 4.06. The van der Waals surface area contributed by atoms with Crippen molar-refractivity contribution >= 4 is 5.69 Å². The van der Waals surface area contributed by atoms with Crippen molar-refractivity contribution in [3.8, 4) is 11.5 Å². The van der Waals surface area contributed by atoms with Crippen LogP contribution in [0.15, 0.2) is 22.7 Å². The largest absolute Gasteiger partial charge is 0.398 e. The molecule has 0 radical (unpaired) electrons. The average Bonchev–Trinajstić information content (AvgIpc) is 2.88. The van der Waals surface area contributed by atoms with E-state index >= 15 is 0 Å². The Morgan fingerprint density at radius 3 is 2.85 bits per heavy atom. The molecule has 0 bridgehead atoms. The monoisotopic (exact) mass is 279 g/mol. The van der Waals surface area contributed by atoms with E-state index in [2.05, 4.69) is 17.1 Å². The van der Waals surface area contributed by atoms with Crippen molar-refractivity contribution in [1.29, 1.82) is 0 Å². The predicted molar refractivity (Wildman–Crippen MR) is 73.4 cm³/mol. The summed E-state index contributed by atoms with van der Waals surface area (Å²) in [5, 5.41) is 3.93. The lowest BCUT2D eigenvalue weighted by molar-refractivity contribution is 0.0478. The minimum absolute atomic E-state index is 0.191. The number of hydrogen-bond acceptors (Lipinski definition) is 5. The summed E-state index contributed by atoms with van der Waals surface area (Å²) in [7, 11) is 0. The Labute approximate surface area is 116 Å². The Bertz CT molecular complexity index is 565. The van der Waals surface area contributed by atoms with E-state index < -0.39 is 5.82 Å². The molecule has 2 N–H and O–H groups in total. The molecule has 1 unspecified atom stereocenters. The third-order valence-electron chi connectivity index (χ3n) is 2.89. The first kappa shape index (κ1) is 14.5. The molecule has 1 aromatic carbocycles. The zero-order valence-corrected chi connectivity index (χ0v) is 11.6. The molecule has 0 aliphatic carbocycles. The number of hydrogen-bond donors (Lipinski definition) is 1. The van der Waals surface area contributed by atoms with Gasteiger partial charge >= 0.3 is 0 Å². The molecule has 0 aliphatic rings. The van der Waals surface area contributed by atoms with Gasteiger partial charge in [-0.2, -0.15) is 4.98 Å². The molecule has 0 saturated carbocycles. The van der Waals surface area contributed by atoms with Gasteiger partial charge in [0.15, 0.2) is 0 Å². The van der Waals surface area contributed by atoms with Crippen LogP contribution in [0.3, 0.4) is 0 Å². The van der Waals surface area contributed by atoms with Crippen LogP contribution in [0.5, 0.6) is 0 Å². The number of ether oxygens (including phenoxy) is 1. The van der Waals surface area contributed by atoms with Gasteiger partial charge in [0.25, 0.3) is 5.89 Å². The number of nitrogens with two attached hydrogens (primary N) is 1. The minimum Gasteiger partial charge on any atom is -0.398 e. The van der Waals surface area contributed by atoms with E-state index in [4.69, 9.17) is 15.0 Å². The van der Waals surface area contributed by atoms with Crippen molar-refractivity contribution in [2.45, 2.75) is 32.8 Å². The zero-order chi connectivity index (χ0) is 14.5. The van der Waals surface area contributed by atoms with Crippen LogP contribution >= 0.6 is 0 Å². The second kappa shape index (κ2) is 6.47. The Morgan fingerprint density at radius 1 is 1.40 bits per heavy atom. The maximum absolute atomic E-state index is 13.0. The van der Waals surface area contributed by atoms with Gasteiger partial charge in [-0.25, -0.2) is 4.39 Å². The van der Waals surface area contributed by atoms with Gasteiger partial charge in [-0.3, -0.25) is 0 Å². The summed E-state index contributed by atoms with van der Waals surface area (Å²) in [6.07, 6.45) is 1.57. The van der Waals surface area contributed by atoms with Crippen LogP contribution in [0.4, 0.5) is 10.1 Å². The fourth-order valence-electron chi connectivity index (χ4n) is 1.95. The number of aromatic nitrogens is 2. The fraction of sp³-hybridized carbons (Fsp3) is 0.429. The van der Waals surface area contributed by atoms with Gasteiger partial charge in [-0.05, 0) is 31.5 Å². The van der Waals surface area contributed by atoms with Crippen molar-refractivity contribution in [2.75, 3.05) is 12.3 Å². The molecule has 108 valence electrons. The molecule has 6 heteroatoms. The molecule has 0 amide bonds. The van der Waals surface area contributed by atoms with Gasteiger partial charge in [-0.15, -0.1) is 0 Å². The second-order valence-corrected chi connectivity index (χ2v) is 4.42. The van der Waals surface area contributed by atoms with Crippen LogP contribution in [-0.4, -0.2) is 16.7 Å². The predicted octanol–water partition coefficient (Wildman–Crippen LogP) is 3.34. The first-order valence-corrected chi connectivity index (χ1v) is 6.66. The molecular formula is C14H18FN3O2. The highest BCUT2D eigenvalue weighted by Crippen LogP contribution is 2.27. The van der Waals surface area contributed by atoms with Gasteiger partial charge in [0, 0.05) is 12.3 Å². The van der Waals surface area contributed by atoms with Crippen LogP contribution in [0.1, 0.15) is 38.6 Å². The van der Waals surface area contributed by atoms with E-state index in [-0.39, 0.29) is 17.7 Å². The molecule has 2 aromatic rings. The summed E-state index contributed by atoms with van der Waals surface area (Å²) in [6.45, 7) is 4.56. The van der Waals surface area contributed by atoms with Crippen molar-refractivity contribution in [1.82, 2.24) is 10.1 Å². The molecule has 5 nitrogen and oxygen atoms in total. The number of anilines is 1. The number of halogens is 1. The minimum atomic E-state index is -0.399. The summed E-state index contributed by atoms with van der Waals surface area (Å²) in [5.41, 5.74) is 6.55. The molecule has 1 atom stereocenters. The fourth-order valence-corrected chi connectivity index (χ4v) is 1.95. The lowest BCUT2D eigenvalue weighted by Crippen LogP contribution is -2.06.